The Hall–Kier alpha value is -2.04. The summed E-state index contributed by atoms with van der Waals surface area (Å²) in [6.45, 7) is 1.93. The molecule has 0 fully saturated rings. The molecule has 0 saturated carbocycles. The van der Waals surface area contributed by atoms with E-state index in [1.807, 2.05) is 49.4 Å². The maximum atomic E-state index is 12.2. The molecule has 126 valence electrons. The molecule has 0 bridgehead atoms. The van der Waals surface area contributed by atoms with Crippen LogP contribution in [-0.4, -0.2) is 22.8 Å². The largest absolute Gasteiger partial charge is 0.333 e. The normalized spacial score (nSPS) is 11.8. The highest BCUT2D eigenvalue weighted by molar-refractivity contribution is 6.45. The molecule has 0 unspecified atom stereocenters. The molecule has 0 aliphatic heterocycles. The van der Waals surface area contributed by atoms with Crippen LogP contribution in [0.1, 0.15) is 21.5 Å². The summed E-state index contributed by atoms with van der Waals surface area (Å²) in [6.07, 6.45) is -0.698. The van der Waals surface area contributed by atoms with Gasteiger partial charge in [0.05, 0.1) is 6.42 Å². The molecule has 6 heteroatoms. The molecule has 4 nitrogen and oxygen atoms in total. The lowest BCUT2D eigenvalue weighted by Crippen LogP contribution is -2.52. The van der Waals surface area contributed by atoms with Crippen LogP contribution in [0.4, 0.5) is 0 Å². The fraction of sp³-hybridized carbons (Fsp3) is 0.222. The molecule has 2 amide bonds. The van der Waals surface area contributed by atoms with Crippen molar-refractivity contribution in [1.82, 2.24) is 10.6 Å². The van der Waals surface area contributed by atoms with Crippen LogP contribution in [-0.2, 0) is 11.2 Å². The van der Waals surface area contributed by atoms with Crippen LogP contribution < -0.4 is 10.6 Å². The van der Waals surface area contributed by atoms with Gasteiger partial charge in [0.1, 0.15) is 11.0 Å². The van der Waals surface area contributed by atoms with E-state index in [2.05, 4.69) is 10.6 Å². The number of hydrogen-bond acceptors (Lipinski definition) is 2. The van der Waals surface area contributed by atoms with E-state index in [1.165, 1.54) is 0 Å². The number of nitrogens with one attached hydrogen (secondary N) is 2. The summed E-state index contributed by atoms with van der Waals surface area (Å²) in [5.74, 6) is -0.631. The van der Waals surface area contributed by atoms with Crippen LogP contribution in [0.3, 0.4) is 0 Å². The first-order chi connectivity index (χ1) is 11.5. The Morgan fingerprint density at radius 1 is 0.958 bits per heavy atom. The molecular formula is C18H18Cl2N2O2. The number of amides is 2. The summed E-state index contributed by atoms with van der Waals surface area (Å²) >= 11 is 11.8. The van der Waals surface area contributed by atoms with E-state index in [0.717, 1.165) is 11.1 Å². The highest BCUT2D eigenvalue weighted by atomic mass is 35.5. The molecule has 0 spiro atoms. The molecule has 0 aromatic heterocycles. The van der Waals surface area contributed by atoms with Gasteiger partial charge in [-0.2, -0.15) is 0 Å². The predicted octanol–water partition coefficient (Wildman–Crippen LogP) is 3.21. The Bertz CT molecular complexity index is 688. The third kappa shape index (κ3) is 5.55. The predicted molar refractivity (Wildman–Crippen MR) is 96.2 cm³/mol. The summed E-state index contributed by atoms with van der Waals surface area (Å²) in [5.41, 5.74) is 2.38. The van der Waals surface area contributed by atoms with E-state index in [4.69, 9.17) is 23.2 Å². The number of aryl methyl sites for hydroxylation is 1. The van der Waals surface area contributed by atoms with Crippen molar-refractivity contribution in [2.45, 2.75) is 24.3 Å². The van der Waals surface area contributed by atoms with E-state index < -0.39 is 11.0 Å². The highest BCUT2D eigenvalue weighted by Crippen LogP contribution is 2.09. The van der Waals surface area contributed by atoms with Gasteiger partial charge < -0.3 is 10.6 Å². The minimum Gasteiger partial charge on any atom is -0.333 e. The first-order valence-electron chi connectivity index (χ1n) is 7.44. The Kier molecular flexibility index (Phi) is 6.64. The lowest BCUT2D eigenvalue weighted by molar-refractivity contribution is -0.121. The molecule has 0 aliphatic carbocycles. The summed E-state index contributed by atoms with van der Waals surface area (Å²) in [5, 5.41) is 5.28. The minimum absolute atomic E-state index is 0.179. The zero-order valence-corrected chi connectivity index (χ0v) is 14.6. The highest BCUT2D eigenvalue weighted by Gasteiger charge is 2.22. The molecule has 2 N–H and O–H groups in total. The second kappa shape index (κ2) is 8.71. The van der Waals surface area contributed by atoms with Crippen molar-refractivity contribution >= 4 is 35.0 Å². The SMILES string of the molecule is Cc1ccc(C(=O)N[C@@H](NC(=O)Cc2ccccc2)C(Cl)Cl)cc1. The molecule has 1 atom stereocenters. The Morgan fingerprint density at radius 3 is 2.17 bits per heavy atom. The lowest BCUT2D eigenvalue weighted by atomic mass is 10.1. The van der Waals surface area contributed by atoms with Gasteiger partial charge in [-0.3, -0.25) is 9.59 Å². The number of rotatable bonds is 6. The van der Waals surface area contributed by atoms with Gasteiger partial charge in [0, 0.05) is 5.56 Å². The molecule has 24 heavy (non-hydrogen) atoms. The van der Waals surface area contributed by atoms with Crippen LogP contribution >= 0.6 is 23.2 Å². The fourth-order valence-electron chi connectivity index (χ4n) is 2.10. The maximum Gasteiger partial charge on any atom is 0.252 e. The van der Waals surface area contributed by atoms with Crippen molar-refractivity contribution < 1.29 is 9.59 Å². The second-order valence-electron chi connectivity index (χ2n) is 5.38. The van der Waals surface area contributed by atoms with E-state index in [0.29, 0.717) is 5.56 Å². The number of benzene rings is 2. The van der Waals surface area contributed by atoms with E-state index >= 15 is 0 Å². The lowest BCUT2D eigenvalue weighted by Gasteiger charge is -2.21. The zero-order chi connectivity index (χ0) is 17.5. The molecule has 0 radical (unpaired) electrons. The maximum absolute atomic E-state index is 12.2. The molecular weight excluding hydrogens is 347 g/mol. The van der Waals surface area contributed by atoms with Gasteiger partial charge in [-0.1, -0.05) is 48.0 Å². The van der Waals surface area contributed by atoms with Gasteiger partial charge in [-0.15, -0.1) is 23.2 Å². The molecule has 0 heterocycles. The van der Waals surface area contributed by atoms with Crippen molar-refractivity contribution in [3.63, 3.8) is 0 Å². The van der Waals surface area contributed by atoms with Crippen LogP contribution in [0, 0.1) is 6.92 Å². The van der Waals surface area contributed by atoms with E-state index in [9.17, 15) is 9.59 Å². The van der Waals surface area contributed by atoms with Crippen molar-refractivity contribution in [1.29, 1.82) is 0 Å². The van der Waals surface area contributed by atoms with Gasteiger partial charge in [0.15, 0.2) is 0 Å². The Morgan fingerprint density at radius 2 is 1.58 bits per heavy atom. The number of alkyl halides is 2. The van der Waals surface area contributed by atoms with Gasteiger partial charge in [-0.05, 0) is 24.6 Å². The molecule has 2 aromatic carbocycles. The number of hydrogen-bond donors (Lipinski definition) is 2. The summed E-state index contributed by atoms with van der Waals surface area (Å²) in [7, 11) is 0. The molecule has 2 aromatic rings. The van der Waals surface area contributed by atoms with Gasteiger partial charge in [0.2, 0.25) is 5.91 Å². The zero-order valence-electron chi connectivity index (χ0n) is 13.1. The Balaban J connectivity index is 1.97. The fourth-order valence-corrected chi connectivity index (χ4v) is 2.35. The number of carbonyl (C=O) groups excluding carboxylic acids is 2. The third-order valence-electron chi connectivity index (χ3n) is 3.38. The number of carbonyl (C=O) groups is 2. The molecule has 0 saturated heterocycles. The topological polar surface area (TPSA) is 58.2 Å². The molecule has 2 rings (SSSR count). The van der Waals surface area contributed by atoms with E-state index in [1.54, 1.807) is 12.1 Å². The first kappa shape index (κ1) is 18.3. The number of halogens is 2. The second-order valence-corrected chi connectivity index (χ2v) is 6.55. The standard InChI is InChI=1S/C18H18Cl2N2O2/c1-12-7-9-14(10-8-12)18(24)22-17(16(19)20)21-15(23)11-13-5-3-2-4-6-13/h2-10,16-17H,11H2,1H3,(H,21,23)(H,22,24)/t17-/m1/s1. The van der Waals surface area contributed by atoms with Crippen LogP contribution in [0.15, 0.2) is 54.6 Å². The average Bonchev–Trinajstić information content (AvgIpc) is 2.55. The monoisotopic (exact) mass is 364 g/mol. The van der Waals surface area contributed by atoms with Gasteiger partial charge >= 0.3 is 0 Å². The van der Waals surface area contributed by atoms with Crippen molar-refractivity contribution in [3.05, 3.63) is 71.3 Å². The van der Waals surface area contributed by atoms with E-state index in [-0.39, 0.29) is 18.2 Å². The molecule has 0 aliphatic rings. The van der Waals surface area contributed by atoms with Gasteiger partial charge in [0.25, 0.3) is 5.91 Å². The smallest absolute Gasteiger partial charge is 0.252 e. The van der Waals surface area contributed by atoms with Crippen LogP contribution in [0.5, 0.6) is 0 Å². The van der Waals surface area contributed by atoms with Crippen molar-refractivity contribution in [2.75, 3.05) is 0 Å². The summed E-state index contributed by atoms with van der Waals surface area (Å²) in [4.78, 5) is 23.4. The van der Waals surface area contributed by atoms with Crippen molar-refractivity contribution in [3.8, 4) is 0 Å². The van der Waals surface area contributed by atoms with Crippen LogP contribution in [0.25, 0.3) is 0 Å². The average molecular weight is 365 g/mol. The van der Waals surface area contributed by atoms with Crippen LogP contribution in [0.2, 0.25) is 0 Å². The van der Waals surface area contributed by atoms with Gasteiger partial charge in [-0.25, -0.2) is 0 Å². The summed E-state index contributed by atoms with van der Waals surface area (Å²) in [6, 6.07) is 16.3. The quantitative estimate of drug-likeness (QED) is 0.610. The van der Waals surface area contributed by atoms with Crippen molar-refractivity contribution in [2.24, 2.45) is 0 Å². The minimum atomic E-state index is -0.973. The third-order valence-corrected chi connectivity index (χ3v) is 3.88. The summed E-state index contributed by atoms with van der Waals surface area (Å²) < 4.78 is 0. The first-order valence-corrected chi connectivity index (χ1v) is 8.32. The Labute approximate surface area is 151 Å².